The van der Waals surface area contributed by atoms with E-state index in [9.17, 15) is 14.4 Å². The monoisotopic (exact) mass is 330 g/mol. The molecule has 1 aliphatic carbocycles. The number of amides is 2. The van der Waals surface area contributed by atoms with Crippen LogP contribution in [0.4, 0.5) is 5.69 Å². The molecule has 1 saturated heterocycles. The molecule has 0 radical (unpaired) electrons. The van der Waals surface area contributed by atoms with Gasteiger partial charge in [-0.3, -0.25) is 14.4 Å². The van der Waals surface area contributed by atoms with Crippen LogP contribution in [0, 0.1) is 11.8 Å². The number of aliphatic carboxylic acids is 1. The van der Waals surface area contributed by atoms with Gasteiger partial charge in [0.05, 0.1) is 11.8 Å². The van der Waals surface area contributed by atoms with Gasteiger partial charge in [-0.1, -0.05) is 19.1 Å². The molecule has 1 atom stereocenters. The fraction of sp³-hybridized carbons (Fsp3) is 0.500. The Morgan fingerprint density at radius 2 is 1.88 bits per heavy atom. The number of hydrogen-bond donors (Lipinski definition) is 2. The third-order valence-electron chi connectivity index (χ3n) is 4.99. The van der Waals surface area contributed by atoms with E-state index in [2.05, 4.69) is 12.2 Å². The highest BCUT2D eigenvalue weighted by Gasteiger charge is 2.39. The van der Waals surface area contributed by atoms with Gasteiger partial charge in [0.15, 0.2) is 0 Å². The molecule has 0 aromatic heterocycles. The number of hydrogen-bond acceptors (Lipinski definition) is 3. The van der Waals surface area contributed by atoms with E-state index in [0.29, 0.717) is 19.4 Å². The zero-order chi connectivity index (χ0) is 17.3. The maximum Gasteiger partial charge on any atom is 0.306 e. The molecule has 1 heterocycles. The summed E-state index contributed by atoms with van der Waals surface area (Å²) in [6, 6.07) is 7.75. The SMILES string of the molecule is CCc1ccc(N2CC(C(=O)NC3CC(C(=O)O)C3)CC2=O)cc1. The molecule has 1 saturated carbocycles. The molecule has 1 aromatic rings. The molecule has 6 heteroatoms. The number of carbonyl (C=O) groups excluding carboxylic acids is 2. The number of nitrogens with zero attached hydrogens (tertiary/aromatic N) is 1. The van der Waals surface area contributed by atoms with E-state index in [-0.39, 0.29) is 36.1 Å². The van der Waals surface area contributed by atoms with Crippen LogP contribution in [0.2, 0.25) is 0 Å². The predicted molar refractivity (Wildman–Crippen MR) is 88.6 cm³/mol. The Labute approximate surface area is 140 Å². The van der Waals surface area contributed by atoms with Crippen LogP contribution in [0.3, 0.4) is 0 Å². The summed E-state index contributed by atoms with van der Waals surface area (Å²) < 4.78 is 0. The topological polar surface area (TPSA) is 86.7 Å². The van der Waals surface area contributed by atoms with E-state index in [4.69, 9.17) is 5.11 Å². The Morgan fingerprint density at radius 3 is 2.46 bits per heavy atom. The van der Waals surface area contributed by atoms with Crippen molar-refractivity contribution < 1.29 is 19.5 Å². The molecule has 128 valence electrons. The third-order valence-corrected chi connectivity index (χ3v) is 4.99. The Morgan fingerprint density at radius 1 is 1.21 bits per heavy atom. The molecule has 1 aromatic carbocycles. The Kier molecular flexibility index (Phi) is 4.55. The van der Waals surface area contributed by atoms with Crippen LogP contribution in [0.1, 0.15) is 31.7 Å². The minimum Gasteiger partial charge on any atom is -0.481 e. The minimum atomic E-state index is -0.807. The van der Waals surface area contributed by atoms with Crippen molar-refractivity contribution in [2.24, 2.45) is 11.8 Å². The molecule has 0 bridgehead atoms. The first kappa shape index (κ1) is 16.5. The summed E-state index contributed by atoms with van der Waals surface area (Å²) >= 11 is 0. The van der Waals surface area contributed by atoms with Gasteiger partial charge in [0.25, 0.3) is 0 Å². The molecule has 2 N–H and O–H groups in total. The van der Waals surface area contributed by atoms with Crippen LogP contribution < -0.4 is 10.2 Å². The van der Waals surface area contributed by atoms with E-state index in [0.717, 1.165) is 12.1 Å². The normalized spacial score (nSPS) is 26.1. The minimum absolute atomic E-state index is 0.0450. The lowest BCUT2D eigenvalue weighted by molar-refractivity contribution is -0.146. The van der Waals surface area contributed by atoms with Gasteiger partial charge >= 0.3 is 5.97 Å². The molecule has 0 spiro atoms. The van der Waals surface area contributed by atoms with Crippen LogP contribution in [-0.4, -0.2) is 35.5 Å². The molecule has 2 fully saturated rings. The van der Waals surface area contributed by atoms with Crippen LogP contribution in [0.25, 0.3) is 0 Å². The molecule has 1 aliphatic heterocycles. The summed E-state index contributed by atoms with van der Waals surface area (Å²) in [5.41, 5.74) is 2.03. The van der Waals surface area contributed by atoms with Gasteiger partial charge in [-0.25, -0.2) is 0 Å². The Balaban J connectivity index is 1.56. The average Bonchev–Trinajstić information content (AvgIpc) is 2.92. The number of carbonyl (C=O) groups is 3. The van der Waals surface area contributed by atoms with E-state index >= 15 is 0 Å². The van der Waals surface area contributed by atoms with Gasteiger partial charge in [0.1, 0.15) is 0 Å². The molecule has 2 aliphatic rings. The van der Waals surface area contributed by atoms with Crippen LogP contribution in [0.5, 0.6) is 0 Å². The molecule has 1 unspecified atom stereocenters. The summed E-state index contributed by atoms with van der Waals surface area (Å²) in [6.07, 6.45) is 2.10. The van der Waals surface area contributed by atoms with Crippen LogP contribution in [0.15, 0.2) is 24.3 Å². The first-order chi connectivity index (χ1) is 11.5. The number of aryl methyl sites for hydroxylation is 1. The fourth-order valence-corrected chi connectivity index (χ4v) is 3.30. The predicted octanol–water partition coefficient (Wildman–Crippen LogP) is 1.58. The van der Waals surface area contributed by atoms with E-state index in [1.165, 1.54) is 5.56 Å². The summed E-state index contributed by atoms with van der Waals surface area (Å²) in [4.78, 5) is 37.0. The number of nitrogens with one attached hydrogen (secondary N) is 1. The third kappa shape index (κ3) is 3.27. The largest absolute Gasteiger partial charge is 0.481 e. The van der Waals surface area contributed by atoms with Gasteiger partial charge in [-0.15, -0.1) is 0 Å². The lowest BCUT2D eigenvalue weighted by Gasteiger charge is -2.33. The number of rotatable bonds is 5. The molecule has 3 rings (SSSR count). The standard InChI is InChI=1S/C18H22N2O4/c1-2-11-3-5-15(6-4-11)20-10-13(9-16(20)21)17(22)19-14-7-12(8-14)18(23)24/h3-6,12-14H,2,7-10H2,1H3,(H,19,22)(H,23,24). The van der Waals surface area contributed by atoms with E-state index in [1.807, 2.05) is 24.3 Å². The lowest BCUT2D eigenvalue weighted by atomic mass is 9.80. The van der Waals surface area contributed by atoms with Crippen molar-refractivity contribution in [3.05, 3.63) is 29.8 Å². The van der Waals surface area contributed by atoms with Crippen molar-refractivity contribution in [3.8, 4) is 0 Å². The maximum absolute atomic E-state index is 12.3. The number of carboxylic acids is 1. The van der Waals surface area contributed by atoms with Crippen molar-refractivity contribution in [3.63, 3.8) is 0 Å². The molecule has 24 heavy (non-hydrogen) atoms. The molecule has 6 nitrogen and oxygen atoms in total. The van der Waals surface area contributed by atoms with Crippen molar-refractivity contribution in [1.82, 2.24) is 5.32 Å². The van der Waals surface area contributed by atoms with Gasteiger partial charge < -0.3 is 15.3 Å². The van der Waals surface area contributed by atoms with Crippen molar-refractivity contribution in [2.75, 3.05) is 11.4 Å². The molecule has 2 amide bonds. The summed E-state index contributed by atoms with van der Waals surface area (Å²) in [5.74, 6) is -1.72. The second kappa shape index (κ2) is 6.63. The smallest absolute Gasteiger partial charge is 0.306 e. The number of benzene rings is 1. The zero-order valence-corrected chi connectivity index (χ0v) is 13.7. The van der Waals surface area contributed by atoms with Gasteiger partial charge in [-0.2, -0.15) is 0 Å². The summed E-state index contributed by atoms with van der Waals surface area (Å²) in [5, 5.41) is 11.7. The first-order valence-corrected chi connectivity index (χ1v) is 8.40. The van der Waals surface area contributed by atoms with Crippen LogP contribution in [-0.2, 0) is 20.8 Å². The Hall–Kier alpha value is -2.37. The summed E-state index contributed by atoms with van der Waals surface area (Å²) in [7, 11) is 0. The van der Waals surface area contributed by atoms with Crippen molar-refractivity contribution in [1.29, 1.82) is 0 Å². The summed E-state index contributed by atoms with van der Waals surface area (Å²) in [6.45, 7) is 2.46. The average molecular weight is 330 g/mol. The second-order valence-corrected chi connectivity index (χ2v) is 6.64. The Bertz CT molecular complexity index is 649. The van der Waals surface area contributed by atoms with Crippen molar-refractivity contribution in [2.45, 2.75) is 38.6 Å². The van der Waals surface area contributed by atoms with Crippen molar-refractivity contribution >= 4 is 23.5 Å². The molecular weight excluding hydrogens is 308 g/mol. The van der Waals surface area contributed by atoms with Gasteiger partial charge in [0.2, 0.25) is 11.8 Å². The highest BCUT2D eigenvalue weighted by atomic mass is 16.4. The highest BCUT2D eigenvalue weighted by molar-refractivity contribution is 6.00. The van der Waals surface area contributed by atoms with E-state index < -0.39 is 5.97 Å². The first-order valence-electron chi connectivity index (χ1n) is 8.40. The second-order valence-electron chi connectivity index (χ2n) is 6.64. The van der Waals surface area contributed by atoms with Gasteiger partial charge in [0, 0.05) is 24.7 Å². The maximum atomic E-state index is 12.3. The number of carboxylic acid groups (broad SMARTS) is 1. The zero-order valence-electron chi connectivity index (χ0n) is 13.7. The van der Waals surface area contributed by atoms with Crippen LogP contribution >= 0.6 is 0 Å². The number of anilines is 1. The van der Waals surface area contributed by atoms with Gasteiger partial charge in [-0.05, 0) is 37.0 Å². The lowest BCUT2D eigenvalue weighted by Crippen LogP contribution is -2.48. The van der Waals surface area contributed by atoms with E-state index in [1.54, 1.807) is 4.90 Å². The molecular formula is C18H22N2O4. The quantitative estimate of drug-likeness (QED) is 0.858. The highest BCUT2D eigenvalue weighted by Crippen LogP contribution is 2.29. The fourth-order valence-electron chi connectivity index (χ4n) is 3.30.